The lowest BCUT2D eigenvalue weighted by Crippen LogP contribution is -2.25. The second-order valence-corrected chi connectivity index (χ2v) is 9.93. The van der Waals surface area contributed by atoms with Crippen LogP contribution in [0.5, 0.6) is 0 Å². The van der Waals surface area contributed by atoms with Crippen LogP contribution in [0.3, 0.4) is 0 Å². The van der Waals surface area contributed by atoms with Crippen LogP contribution in [0.4, 0.5) is 0 Å². The van der Waals surface area contributed by atoms with Crippen LogP contribution in [0.15, 0.2) is 0 Å². The molecule has 2 aliphatic carbocycles. The van der Waals surface area contributed by atoms with Crippen molar-refractivity contribution in [2.75, 3.05) is 6.54 Å². The average molecular weight is 378 g/mol. The van der Waals surface area contributed by atoms with Gasteiger partial charge < -0.3 is 5.73 Å². The molecule has 1 nitrogen and oxygen atoms in total. The third-order valence-electron chi connectivity index (χ3n) is 7.75. The van der Waals surface area contributed by atoms with Gasteiger partial charge >= 0.3 is 0 Å². The van der Waals surface area contributed by atoms with Gasteiger partial charge in [-0.3, -0.25) is 0 Å². The fraction of sp³-hybridized carbons (Fsp3) is 1.00. The molecule has 2 N–H and O–H groups in total. The number of hydrogen-bond donors (Lipinski definition) is 1. The minimum absolute atomic E-state index is 0.886. The highest BCUT2D eigenvalue weighted by atomic mass is 14.5. The van der Waals surface area contributed by atoms with E-state index in [0.29, 0.717) is 0 Å². The maximum atomic E-state index is 5.77. The van der Waals surface area contributed by atoms with E-state index in [4.69, 9.17) is 5.73 Å². The number of nitrogens with two attached hydrogens (primary N) is 1. The molecule has 0 saturated heterocycles. The smallest absolute Gasteiger partial charge is 0.00773 e. The zero-order chi connectivity index (χ0) is 19.0. The molecule has 160 valence electrons. The Morgan fingerprint density at radius 2 is 0.852 bits per heavy atom. The molecule has 2 rings (SSSR count). The summed E-state index contributed by atoms with van der Waals surface area (Å²) in [5, 5.41) is 0. The Bertz CT molecular complexity index is 280. The Morgan fingerprint density at radius 1 is 0.481 bits per heavy atom. The zero-order valence-electron chi connectivity index (χ0n) is 18.6. The Kier molecular flexibility index (Phi) is 13.6. The molecule has 0 bridgehead atoms. The summed E-state index contributed by atoms with van der Waals surface area (Å²) in [6.07, 6.45) is 32.7. The van der Waals surface area contributed by atoms with Gasteiger partial charge in [0.05, 0.1) is 0 Å². The molecule has 0 aromatic rings. The topological polar surface area (TPSA) is 26.0 Å². The van der Waals surface area contributed by atoms with E-state index in [1.165, 1.54) is 141 Å². The highest BCUT2D eigenvalue weighted by molar-refractivity contribution is 4.79. The minimum Gasteiger partial charge on any atom is -0.330 e. The first-order valence-electron chi connectivity index (χ1n) is 13.1. The van der Waals surface area contributed by atoms with E-state index >= 15 is 0 Å². The highest BCUT2D eigenvalue weighted by Crippen LogP contribution is 2.40. The van der Waals surface area contributed by atoms with E-state index in [9.17, 15) is 0 Å². The van der Waals surface area contributed by atoms with Crippen LogP contribution in [-0.4, -0.2) is 6.54 Å². The van der Waals surface area contributed by atoms with Gasteiger partial charge in [0.15, 0.2) is 0 Å². The SMILES string of the molecule is NCCCCCC(C1CCCCCCCCC1)C1CCCCCCCCC1. The molecule has 0 amide bonds. The monoisotopic (exact) mass is 377 g/mol. The van der Waals surface area contributed by atoms with Crippen molar-refractivity contribution in [3.8, 4) is 0 Å². The molecule has 2 fully saturated rings. The van der Waals surface area contributed by atoms with Gasteiger partial charge in [-0.1, -0.05) is 128 Å². The van der Waals surface area contributed by atoms with E-state index in [2.05, 4.69) is 0 Å². The summed E-state index contributed by atoms with van der Waals surface area (Å²) >= 11 is 0. The second-order valence-electron chi connectivity index (χ2n) is 9.93. The minimum atomic E-state index is 0.886. The lowest BCUT2D eigenvalue weighted by molar-refractivity contribution is 0.153. The van der Waals surface area contributed by atoms with Gasteiger partial charge in [0.2, 0.25) is 0 Å². The van der Waals surface area contributed by atoms with Crippen LogP contribution >= 0.6 is 0 Å². The van der Waals surface area contributed by atoms with Crippen LogP contribution < -0.4 is 5.73 Å². The molecule has 0 unspecified atom stereocenters. The average Bonchev–Trinajstić information content (AvgIpc) is 2.70. The first-order chi connectivity index (χ1) is 13.4. The van der Waals surface area contributed by atoms with Crippen molar-refractivity contribution in [1.82, 2.24) is 0 Å². The molecule has 0 atom stereocenters. The van der Waals surface area contributed by atoms with Gasteiger partial charge in [-0.15, -0.1) is 0 Å². The van der Waals surface area contributed by atoms with Gasteiger partial charge in [-0.05, 0) is 37.1 Å². The molecule has 27 heavy (non-hydrogen) atoms. The van der Waals surface area contributed by atoms with Crippen molar-refractivity contribution in [2.24, 2.45) is 23.5 Å². The molecule has 0 spiro atoms. The third kappa shape index (κ3) is 10.3. The Hall–Kier alpha value is -0.0400. The summed E-state index contributed by atoms with van der Waals surface area (Å²) < 4.78 is 0. The number of rotatable bonds is 7. The lowest BCUT2D eigenvalue weighted by atomic mass is 9.70. The molecule has 0 aromatic carbocycles. The fourth-order valence-electron chi connectivity index (χ4n) is 6.10. The van der Waals surface area contributed by atoms with E-state index in [1.807, 2.05) is 0 Å². The largest absolute Gasteiger partial charge is 0.330 e. The van der Waals surface area contributed by atoms with Crippen molar-refractivity contribution >= 4 is 0 Å². The third-order valence-corrected chi connectivity index (χ3v) is 7.75. The van der Waals surface area contributed by atoms with Crippen LogP contribution in [0.1, 0.15) is 141 Å². The van der Waals surface area contributed by atoms with E-state index < -0.39 is 0 Å². The fourth-order valence-corrected chi connectivity index (χ4v) is 6.10. The maximum absolute atomic E-state index is 5.77. The van der Waals surface area contributed by atoms with Crippen LogP contribution in [-0.2, 0) is 0 Å². The van der Waals surface area contributed by atoms with Crippen molar-refractivity contribution < 1.29 is 0 Å². The van der Waals surface area contributed by atoms with Crippen molar-refractivity contribution in [3.05, 3.63) is 0 Å². The normalized spacial score (nSPS) is 23.3. The van der Waals surface area contributed by atoms with Gasteiger partial charge in [0.25, 0.3) is 0 Å². The first kappa shape index (κ1) is 23.2. The lowest BCUT2D eigenvalue weighted by Gasteiger charge is -2.35. The van der Waals surface area contributed by atoms with Gasteiger partial charge in [0, 0.05) is 0 Å². The number of hydrogen-bond acceptors (Lipinski definition) is 1. The van der Waals surface area contributed by atoms with E-state index in [0.717, 1.165) is 24.3 Å². The molecular weight excluding hydrogens is 326 g/mol. The van der Waals surface area contributed by atoms with Gasteiger partial charge in [-0.25, -0.2) is 0 Å². The summed E-state index contributed by atoms with van der Waals surface area (Å²) in [5.74, 6) is 3.10. The second kappa shape index (κ2) is 15.8. The molecule has 0 aromatic heterocycles. The Balaban J connectivity index is 1.98. The van der Waals surface area contributed by atoms with Crippen molar-refractivity contribution in [1.29, 1.82) is 0 Å². The molecule has 1 heteroatoms. The molecule has 0 aliphatic heterocycles. The van der Waals surface area contributed by atoms with Gasteiger partial charge in [-0.2, -0.15) is 0 Å². The van der Waals surface area contributed by atoms with E-state index in [1.54, 1.807) is 0 Å². The summed E-state index contributed by atoms with van der Waals surface area (Å²) in [7, 11) is 0. The summed E-state index contributed by atoms with van der Waals surface area (Å²) in [6.45, 7) is 0.886. The van der Waals surface area contributed by atoms with Crippen LogP contribution in [0, 0.1) is 17.8 Å². The van der Waals surface area contributed by atoms with Crippen LogP contribution in [0.2, 0.25) is 0 Å². The summed E-state index contributed by atoms with van der Waals surface area (Å²) in [5.41, 5.74) is 5.77. The van der Waals surface area contributed by atoms with Crippen LogP contribution in [0.25, 0.3) is 0 Å². The Labute approximate surface area is 171 Å². The number of unbranched alkanes of at least 4 members (excludes halogenated alkanes) is 2. The highest BCUT2D eigenvalue weighted by Gasteiger charge is 2.28. The molecule has 0 radical (unpaired) electrons. The zero-order valence-corrected chi connectivity index (χ0v) is 18.6. The van der Waals surface area contributed by atoms with E-state index in [-0.39, 0.29) is 0 Å². The first-order valence-corrected chi connectivity index (χ1v) is 13.1. The van der Waals surface area contributed by atoms with Crippen molar-refractivity contribution in [2.45, 2.75) is 141 Å². The molecular formula is C26H51N. The predicted molar refractivity (Wildman–Crippen MR) is 121 cm³/mol. The summed E-state index contributed by atoms with van der Waals surface area (Å²) in [4.78, 5) is 0. The summed E-state index contributed by atoms with van der Waals surface area (Å²) in [6, 6.07) is 0. The van der Waals surface area contributed by atoms with Gasteiger partial charge in [0.1, 0.15) is 0 Å². The quantitative estimate of drug-likeness (QED) is 0.443. The molecule has 2 aliphatic rings. The molecule has 2 saturated carbocycles. The Morgan fingerprint density at radius 3 is 1.22 bits per heavy atom. The predicted octanol–water partition coefficient (Wildman–Crippen LogP) is 8.40. The van der Waals surface area contributed by atoms with Crippen molar-refractivity contribution in [3.63, 3.8) is 0 Å². The standard InChI is InChI=1S/C26H51N/c27-23-17-11-16-22-26(24-18-12-7-3-1-4-8-13-19-24)25-20-14-9-5-2-6-10-15-21-25/h24-26H,1-23,27H2. The molecule has 0 heterocycles. The maximum Gasteiger partial charge on any atom is -0.00773 e.